The second-order valence-electron chi connectivity index (χ2n) is 6.27. The lowest BCUT2D eigenvalue weighted by Gasteiger charge is -2.22. The van der Waals surface area contributed by atoms with Crippen LogP contribution < -0.4 is 4.74 Å². The largest absolute Gasteiger partial charge is 0.484 e. The summed E-state index contributed by atoms with van der Waals surface area (Å²) in [5.41, 5.74) is 1.72. The zero-order valence-electron chi connectivity index (χ0n) is 13.2. The average molecular weight is 291 g/mol. The minimum atomic E-state index is -0.649. The minimum Gasteiger partial charge on any atom is -0.484 e. The van der Waals surface area contributed by atoms with E-state index in [1.165, 1.54) is 5.56 Å². The predicted molar refractivity (Wildman–Crippen MR) is 82.5 cm³/mol. The molecule has 1 aliphatic rings. The van der Waals surface area contributed by atoms with Gasteiger partial charge in [-0.3, -0.25) is 4.79 Å². The summed E-state index contributed by atoms with van der Waals surface area (Å²) < 4.78 is 5.60. The fraction of sp³-hybridized carbons (Fsp3) is 0.588. The first-order valence-electron chi connectivity index (χ1n) is 7.58. The van der Waals surface area contributed by atoms with Gasteiger partial charge in [0.15, 0.2) is 6.61 Å². The number of benzene rings is 1. The molecule has 2 rings (SSSR count). The molecule has 4 nitrogen and oxygen atoms in total. The van der Waals surface area contributed by atoms with Crippen molar-refractivity contribution in [1.82, 2.24) is 4.90 Å². The van der Waals surface area contributed by atoms with E-state index in [9.17, 15) is 9.90 Å². The van der Waals surface area contributed by atoms with Crippen molar-refractivity contribution in [1.29, 1.82) is 0 Å². The maximum absolute atomic E-state index is 12.2. The SMILES string of the molecule is Cc1ccc(OCC(=O)N2CCCC(C)(O)CC2)cc1C. The lowest BCUT2D eigenvalue weighted by Crippen LogP contribution is -2.36. The Labute approximate surface area is 126 Å². The van der Waals surface area contributed by atoms with Crippen molar-refractivity contribution in [3.05, 3.63) is 29.3 Å². The average Bonchev–Trinajstić information content (AvgIpc) is 2.61. The second-order valence-corrected chi connectivity index (χ2v) is 6.27. The van der Waals surface area contributed by atoms with Gasteiger partial charge in [0.1, 0.15) is 5.75 Å². The van der Waals surface area contributed by atoms with Crippen molar-refractivity contribution < 1.29 is 14.6 Å². The first-order valence-corrected chi connectivity index (χ1v) is 7.58. The summed E-state index contributed by atoms with van der Waals surface area (Å²) >= 11 is 0. The Morgan fingerprint density at radius 3 is 2.76 bits per heavy atom. The molecule has 0 aliphatic carbocycles. The van der Waals surface area contributed by atoms with Crippen LogP contribution in [0.15, 0.2) is 18.2 Å². The Hall–Kier alpha value is -1.55. The fourth-order valence-electron chi connectivity index (χ4n) is 2.55. The molecular formula is C17H25NO3. The zero-order chi connectivity index (χ0) is 15.5. The van der Waals surface area contributed by atoms with Gasteiger partial charge in [-0.1, -0.05) is 6.07 Å². The van der Waals surface area contributed by atoms with E-state index in [0.717, 1.165) is 24.2 Å². The van der Waals surface area contributed by atoms with Crippen LogP contribution in [0.25, 0.3) is 0 Å². The molecule has 4 heteroatoms. The molecule has 1 atom stereocenters. The summed E-state index contributed by atoms with van der Waals surface area (Å²) in [6.45, 7) is 7.28. The van der Waals surface area contributed by atoms with Gasteiger partial charge in [0.25, 0.3) is 5.91 Å². The Morgan fingerprint density at radius 1 is 1.29 bits per heavy atom. The molecule has 1 heterocycles. The van der Waals surface area contributed by atoms with E-state index in [1.807, 2.05) is 39.0 Å². The van der Waals surface area contributed by atoms with Gasteiger partial charge in [-0.15, -0.1) is 0 Å². The smallest absolute Gasteiger partial charge is 0.260 e. The quantitative estimate of drug-likeness (QED) is 0.930. The third-order valence-electron chi connectivity index (χ3n) is 4.26. The molecule has 0 bridgehead atoms. The summed E-state index contributed by atoms with van der Waals surface area (Å²) in [6.07, 6.45) is 2.21. The molecule has 1 aliphatic heterocycles. The number of amides is 1. The van der Waals surface area contributed by atoms with Gasteiger partial charge < -0.3 is 14.7 Å². The van der Waals surface area contributed by atoms with Gasteiger partial charge in [0.05, 0.1) is 5.60 Å². The third-order valence-corrected chi connectivity index (χ3v) is 4.26. The van der Waals surface area contributed by atoms with Crippen LogP contribution >= 0.6 is 0 Å². The van der Waals surface area contributed by atoms with Gasteiger partial charge in [0, 0.05) is 13.1 Å². The van der Waals surface area contributed by atoms with Gasteiger partial charge in [-0.2, -0.15) is 0 Å². The van der Waals surface area contributed by atoms with Crippen LogP contribution in [0.3, 0.4) is 0 Å². The number of rotatable bonds is 3. The Kier molecular flexibility index (Phi) is 4.88. The highest BCUT2D eigenvalue weighted by Gasteiger charge is 2.27. The van der Waals surface area contributed by atoms with Crippen LogP contribution in [-0.4, -0.2) is 41.2 Å². The number of nitrogens with zero attached hydrogens (tertiary/aromatic N) is 1. The first kappa shape index (κ1) is 15.8. The van der Waals surface area contributed by atoms with Crippen LogP contribution in [0.5, 0.6) is 5.75 Å². The van der Waals surface area contributed by atoms with Crippen LogP contribution in [0, 0.1) is 13.8 Å². The van der Waals surface area contributed by atoms with Crippen LogP contribution in [0.2, 0.25) is 0 Å². The van der Waals surface area contributed by atoms with Crippen molar-refractivity contribution in [3.63, 3.8) is 0 Å². The second kappa shape index (κ2) is 6.48. The van der Waals surface area contributed by atoms with E-state index in [1.54, 1.807) is 4.90 Å². The molecular weight excluding hydrogens is 266 g/mol. The molecule has 1 aromatic carbocycles. The standard InChI is InChI=1S/C17H25NO3/c1-13-5-6-15(11-14(13)2)21-12-16(19)18-9-4-7-17(3,20)8-10-18/h5-6,11,20H,4,7-10,12H2,1-3H3. The lowest BCUT2D eigenvalue weighted by molar-refractivity contribution is -0.133. The molecule has 1 unspecified atom stereocenters. The van der Waals surface area contributed by atoms with Crippen LogP contribution in [0.1, 0.15) is 37.3 Å². The highest BCUT2D eigenvalue weighted by atomic mass is 16.5. The number of carbonyl (C=O) groups is 1. The van der Waals surface area contributed by atoms with E-state index < -0.39 is 5.60 Å². The lowest BCUT2D eigenvalue weighted by atomic mass is 9.98. The Bertz CT molecular complexity index is 511. The maximum atomic E-state index is 12.2. The monoisotopic (exact) mass is 291 g/mol. The zero-order valence-corrected chi connectivity index (χ0v) is 13.2. The molecule has 1 fully saturated rings. The molecule has 116 valence electrons. The topological polar surface area (TPSA) is 49.8 Å². The number of likely N-dealkylation sites (tertiary alicyclic amines) is 1. The molecule has 1 aromatic rings. The molecule has 1 amide bonds. The van der Waals surface area contributed by atoms with Crippen molar-refractivity contribution in [3.8, 4) is 5.75 Å². The summed E-state index contributed by atoms with van der Waals surface area (Å²) in [5, 5.41) is 10.0. The highest BCUT2D eigenvalue weighted by Crippen LogP contribution is 2.21. The molecule has 1 N–H and O–H groups in total. The number of carbonyl (C=O) groups excluding carboxylic acids is 1. The highest BCUT2D eigenvalue weighted by molar-refractivity contribution is 5.77. The summed E-state index contributed by atoms with van der Waals surface area (Å²) in [6, 6.07) is 5.84. The first-order chi connectivity index (χ1) is 9.87. The van der Waals surface area contributed by atoms with Crippen LogP contribution in [0.4, 0.5) is 0 Å². The van der Waals surface area contributed by atoms with Crippen LogP contribution in [-0.2, 0) is 4.79 Å². The van der Waals surface area contributed by atoms with Gasteiger partial charge >= 0.3 is 0 Å². The summed E-state index contributed by atoms with van der Waals surface area (Å²) in [7, 11) is 0. The van der Waals surface area contributed by atoms with Gasteiger partial charge in [-0.25, -0.2) is 0 Å². The van der Waals surface area contributed by atoms with E-state index in [2.05, 4.69) is 0 Å². The van der Waals surface area contributed by atoms with E-state index in [0.29, 0.717) is 19.5 Å². The predicted octanol–water partition coefficient (Wildman–Crippen LogP) is 2.45. The van der Waals surface area contributed by atoms with E-state index in [4.69, 9.17) is 4.74 Å². The van der Waals surface area contributed by atoms with Gasteiger partial charge in [0.2, 0.25) is 0 Å². The summed E-state index contributed by atoms with van der Waals surface area (Å²) in [5.74, 6) is 0.721. The van der Waals surface area contributed by atoms with Crippen molar-refractivity contribution in [2.24, 2.45) is 0 Å². The Morgan fingerprint density at radius 2 is 2.05 bits per heavy atom. The number of aryl methyl sites for hydroxylation is 2. The van der Waals surface area contributed by atoms with Crippen molar-refractivity contribution in [2.75, 3.05) is 19.7 Å². The number of ether oxygens (including phenoxy) is 1. The Balaban J connectivity index is 1.88. The fourth-order valence-corrected chi connectivity index (χ4v) is 2.55. The van der Waals surface area contributed by atoms with Crippen molar-refractivity contribution >= 4 is 5.91 Å². The number of aliphatic hydroxyl groups is 1. The number of hydrogen-bond acceptors (Lipinski definition) is 3. The van der Waals surface area contributed by atoms with E-state index in [-0.39, 0.29) is 12.5 Å². The molecule has 21 heavy (non-hydrogen) atoms. The molecule has 1 saturated heterocycles. The molecule has 0 saturated carbocycles. The van der Waals surface area contributed by atoms with E-state index >= 15 is 0 Å². The molecule has 0 aromatic heterocycles. The number of hydrogen-bond donors (Lipinski definition) is 1. The summed E-state index contributed by atoms with van der Waals surface area (Å²) in [4.78, 5) is 14.0. The minimum absolute atomic E-state index is 0.00840. The third kappa shape index (κ3) is 4.46. The van der Waals surface area contributed by atoms with Crippen molar-refractivity contribution in [2.45, 2.75) is 45.6 Å². The maximum Gasteiger partial charge on any atom is 0.260 e. The molecule has 0 radical (unpaired) electrons. The van der Waals surface area contributed by atoms with Gasteiger partial charge in [-0.05, 0) is 63.3 Å². The molecule has 0 spiro atoms. The normalized spacial score (nSPS) is 22.8.